The molecule has 9 heteroatoms. The molecule has 1 N–H and O–H groups in total. The van der Waals surface area contributed by atoms with Crippen molar-refractivity contribution in [2.75, 3.05) is 32.8 Å². The topological polar surface area (TPSA) is 96.0 Å². The molecule has 0 unspecified atom stereocenters. The molecule has 1 heterocycles. The quantitative estimate of drug-likeness (QED) is 0.826. The minimum atomic E-state index is -3.67. The summed E-state index contributed by atoms with van der Waals surface area (Å²) in [5.74, 6) is -0.244. The van der Waals surface area contributed by atoms with Gasteiger partial charge in [-0.1, -0.05) is 0 Å². The van der Waals surface area contributed by atoms with E-state index in [4.69, 9.17) is 4.74 Å². The zero-order valence-corrected chi connectivity index (χ0v) is 16.1. The number of nitrogens with zero attached hydrogens (tertiary/aromatic N) is 2. The maximum Gasteiger partial charge on any atom is 0.409 e. The van der Waals surface area contributed by atoms with Crippen LogP contribution in [0.3, 0.4) is 0 Å². The highest BCUT2D eigenvalue weighted by Gasteiger charge is 2.30. The van der Waals surface area contributed by atoms with E-state index >= 15 is 0 Å². The number of sulfonamides is 1. The van der Waals surface area contributed by atoms with Gasteiger partial charge in [0, 0.05) is 37.8 Å². The lowest BCUT2D eigenvalue weighted by molar-refractivity contribution is 0.0931. The summed E-state index contributed by atoms with van der Waals surface area (Å²) < 4.78 is 31.7. The number of piperazine rings is 1. The fourth-order valence-corrected chi connectivity index (χ4v) is 4.02. The third-order valence-corrected chi connectivity index (χ3v) is 5.85. The summed E-state index contributed by atoms with van der Waals surface area (Å²) in [5, 5.41) is 2.76. The van der Waals surface area contributed by atoms with E-state index in [1.165, 1.54) is 33.5 Å². The first kappa shape index (κ1) is 20.2. The molecule has 0 spiro atoms. The van der Waals surface area contributed by atoms with Crippen molar-refractivity contribution in [1.82, 2.24) is 14.5 Å². The summed E-state index contributed by atoms with van der Waals surface area (Å²) in [6.45, 7) is 6.70. The lowest BCUT2D eigenvalue weighted by Gasteiger charge is -2.33. The Morgan fingerprint density at radius 3 is 2.19 bits per heavy atom. The molecule has 0 atom stereocenters. The smallest absolute Gasteiger partial charge is 0.409 e. The highest BCUT2D eigenvalue weighted by Crippen LogP contribution is 2.18. The Balaban J connectivity index is 2.04. The van der Waals surface area contributed by atoms with Crippen LogP contribution in [-0.2, 0) is 14.8 Å². The lowest BCUT2D eigenvalue weighted by Crippen LogP contribution is -2.50. The van der Waals surface area contributed by atoms with Gasteiger partial charge in [0.2, 0.25) is 10.0 Å². The maximum atomic E-state index is 12.7. The molecule has 0 aromatic heterocycles. The minimum Gasteiger partial charge on any atom is -0.450 e. The molecule has 1 fully saturated rings. The van der Waals surface area contributed by atoms with Crippen LogP contribution in [0.4, 0.5) is 4.79 Å². The molecule has 1 aliphatic rings. The minimum absolute atomic E-state index is 0.00148. The van der Waals surface area contributed by atoms with Gasteiger partial charge in [0.05, 0.1) is 11.5 Å². The summed E-state index contributed by atoms with van der Waals surface area (Å²) in [5.41, 5.74) is 0.407. The van der Waals surface area contributed by atoms with Crippen LogP contribution >= 0.6 is 0 Å². The van der Waals surface area contributed by atoms with Crippen LogP contribution in [0.1, 0.15) is 31.1 Å². The molecule has 8 nitrogen and oxygen atoms in total. The van der Waals surface area contributed by atoms with E-state index in [1.54, 1.807) is 6.92 Å². The number of amides is 2. The largest absolute Gasteiger partial charge is 0.450 e. The molecule has 1 aliphatic heterocycles. The van der Waals surface area contributed by atoms with E-state index in [9.17, 15) is 18.0 Å². The third kappa shape index (κ3) is 4.73. The van der Waals surface area contributed by atoms with Gasteiger partial charge in [-0.25, -0.2) is 13.2 Å². The molecule has 1 aromatic rings. The molecule has 0 saturated carbocycles. The van der Waals surface area contributed by atoms with Gasteiger partial charge in [-0.2, -0.15) is 4.31 Å². The number of carbonyl (C=O) groups excluding carboxylic acids is 2. The Hall–Kier alpha value is -2.13. The van der Waals surface area contributed by atoms with Crippen LogP contribution in [0.5, 0.6) is 0 Å². The molecule has 144 valence electrons. The molecule has 26 heavy (non-hydrogen) atoms. The number of hydrogen-bond acceptors (Lipinski definition) is 5. The van der Waals surface area contributed by atoms with Crippen LogP contribution in [0.25, 0.3) is 0 Å². The number of benzene rings is 1. The van der Waals surface area contributed by atoms with E-state index in [1.807, 2.05) is 13.8 Å². The average Bonchev–Trinajstić information content (AvgIpc) is 2.61. The van der Waals surface area contributed by atoms with Crippen molar-refractivity contribution in [1.29, 1.82) is 0 Å². The van der Waals surface area contributed by atoms with Gasteiger partial charge in [-0.15, -0.1) is 0 Å². The standard InChI is InChI=1S/C17H25N3O5S/c1-4-25-17(22)19-9-11-20(12-10-19)26(23,24)15-7-5-14(6-8-15)16(21)18-13(2)3/h5-8,13H,4,9-12H2,1-3H3,(H,18,21). The van der Waals surface area contributed by atoms with Crippen molar-refractivity contribution >= 4 is 22.0 Å². The molecule has 2 rings (SSSR count). The number of nitrogens with one attached hydrogen (secondary N) is 1. The second kappa shape index (κ2) is 8.50. The molecular weight excluding hydrogens is 358 g/mol. The van der Waals surface area contributed by atoms with Crippen molar-refractivity contribution in [3.05, 3.63) is 29.8 Å². The zero-order chi connectivity index (χ0) is 19.3. The summed E-state index contributed by atoms with van der Waals surface area (Å²) in [6, 6.07) is 5.87. The van der Waals surface area contributed by atoms with Gasteiger partial charge in [0.1, 0.15) is 0 Å². The van der Waals surface area contributed by atoms with E-state index < -0.39 is 16.1 Å². The van der Waals surface area contributed by atoms with Gasteiger partial charge >= 0.3 is 6.09 Å². The van der Waals surface area contributed by atoms with Gasteiger partial charge in [-0.05, 0) is 45.0 Å². The molecule has 1 aromatic carbocycles. The summed E-state index contributed by atoms with van der Waals surface area (Å²) >= 11 is 0. The second-order valence-corrected chi connectivity index (χ2v) is 8.18. The van der Waals surface area contributed by atoms with Crippen LogP contribution < -0.4 is 5.32 Å². The first-order valence-corrected chi connectivity index (χ1v) is 10.0. The van der Waals surface area contributed by atoms with Crippen LogP contribution in [0, 0.1) is 0 Å². The lowest BCUT2D eigenvalue weighted by atomic mass is 10.2. The normalized spacial score (nSPS) is 15.8. The second-order valence-electron chi connectivity index (χ2n) is 6.24. The van der Waals surface area contributed by atoms with Crippen LogP contribution in [0.15, 0.2) is 29.2 Å². The Morgan fingerprint density at radius 2 is 1.69 bits per heavy atom. The average molecular weight is 383 g/mol. The highest BCUT2D eigenvalue weighted by molar-refractivity contribution is 7.89. The van der Waals surface area contributed by atoms with Gasteiger partial charge in [0.15, 0.2) is 0 Å². The fourth-order valence-electron chi connectivity index (χ4n) is 2.60. The van der Waals surface area contributed by atoms with Crippen LogP contribution in [0.2, 0.25) is 0 Å². The van der Waals surface area contributed by atoms with Crippen molar-refractivity contribution in [3.63, 3.8) is 0 Å². The monoisotopic (exact) mass is 383 g/mol. The van der Waals surface area contributed by atoms with E-state index in [2.05, 4.69) is 5.32 Å². The molecule has 1 saturated heterocycles. The number of carbonyl (C=O) groups is 2. The molecule has 2 amide bonds. The molecule has 0 aliphatic carbocycles. The summed E-state index contributed by atoms with van der Waals surface area (Å²) in [6.07, 6.45) is -0.426. The Labute approximate surface area is 154 Å². The van der Waals surface area contributed by atoms with Gasteiger partial charge in [0.25, 0.3) is 5.91 Å². The SMILES string of the molecule is CCOC(=O)N1CCN(S(=O)(=O)c2ccc(C(=O)NC(C)C)cc2)CC1. The Morgan fingerprint density at radius 1 is 1.12 bits per heavy atom. The van der Waals surface area contributed by atoms with Crippen molar-refractivity contribution in [3.8, 4) is 0 Å². The number of rotatable bonds is 5. The predicted octanol–water partition coefficient (Wildman–Crippen LogP) is 1.29. The van der Waals surface area contributed by atoms with Crippen molar-refractivity contribution < 1.29 is 22.7 Å². The first-order chi connectivity index (χ1) is 12.3. The van der Waals surface area contributed by atoms with E-state index in [0.717, 1.165) is 0 Å². The third-order valence-electron chi connectivity index (χ3n) is 3.94. The predicted molar refractivity (Wildman–Crippen MR) is 96.4 cm³/mol. The van der Waals surface area contributed by atoms with E-state index in [0.29, 0.717) is 5.56 Å². The van der Waals surface area contributed by atoms with Crippen LogP contribution in [-0.4, -0.2) is 68.5 Å². The highest BCUT2D eigenvalue weighted by atomic mass is 32.2. The Kier molecular flexibility index (Phi) is 6.60. The summed E-state index contributed by atoms with van der Waals surface area (Å²) in [4.78, 5) is 25.3. The van der Waals surface area contributed by atoms with Gasteiger partial charge < -0.3 is 15.0 Å². The number of hydrogen-bond donors (Lipinski definition) is 1. The van der Waals surface area contributed by atoms with Crippen molar-refractivity contribution in [2.24, 2.45) is 0 Å². The maximum absolute atomic E-state index is 12.7. The number of ether oxygens (including phenoxy) is 1. The Bertz CT molecular complexity index is 738. The van der Waals surface area contributed by atoms with E-state index in [-0.39, 0.29) is 49.6 Å². The summed E-state index contributed by atoms with van der Waals surface area (Å²) in [7, 11) is -3.67. The fraction of sp³-hybridized carbons (Fsp3) is 0.529. The zero-order valence-electron chi connectivity index (χ0n) is 15.3. The molecular formula is C17H25N3O5S. The molecule has 0 radical (unpaired) electrons. The first-order valence-electron chi connectivity index (χ1n) is 8.58. The van der Waals surface area contributed by atoms with Gasteiger partial charge in [-0.3, -0.25) is 4.79 Å². The molecule has 0 bridgehead atoms. The van der Waals surface area contributed by atoms with Crippen molar-refractivity contribution in [2.45, 2.75) is 31.7 Å².